The number of hydrogen-bond donors (Lipinski definition) is 1. The molecule has 11 nitrogen and oxygen atoms in total. The van der Waals surface area contributed by atoms with Crippen LogP contribution in [0.4, 0.5) is 17.3 Å². The maximum atomic E-state index is 11.9. The molecule has 0 atom stereocenters. The molecule has 4 aromatic rings. The number of nitro benzene ring substituents is 1. The van der Waals surface area contributed by atoms with E-state index in [0.717, 1.165) is 61.4 Å². The molecule has 5 rings (SSSR count). The minimum atomic E-state index is -0.463. The lowest BCUT2D eigenvalue weighted by Gasteiger charge is -2.26. The second-order valence-corrected chi connectivity index (χ2v) is 8.99. The zero-order valence-corrected chi connectivity index (χ0v) is 21.4. The summed E-state index contributed by atoms with van der Waals surface area (Å²) in [5.74, 6) is 0.838. The Morgan fingerprint density at radius 3 is 2.76 bits per heavy atom. The van der Waals surface area contributed by atoms with E-state index in [2.05, 4.69) is 26.3 Å². The number of morpholine rings is 1. The van der Waals surface area contributed by atoms with E-state index in [-0.39, 0.29) is 11.4 Å². The molecule has 0 bridgehead atoms. The summed E-state index contributed by atoms with van der Waals surface area (Å²) in [6.45, 7) is 4.43. The van der Waals surface area contributed by atoms with Crippen molar-refractivity contribution >= 4 is 28.2 Å². The number of rotatable bonds is 10. The van der Waals surface area contributed by atoms with Crippen molar-refractivity contribution in [2.45, 2.75) is 6.42 Å². The van der Waals surface area contributed by atoms with Crippen LogP contribution in [-0.2, 0) is 11.8 Å². The molecule has 2 aromatic carbocycles. The van der Waals surface area contributed by atoms with E-state index in [0.29, 0.717) is 24.0 Å². The number of hydrogen-bond acceptors (Lipinski definition) is 9. The summed E-state index contributed by atoms with van der Waals surface area (Å²) in [6, 6.07) is 12.8. The minimum absolute atomic E-state index is 0.157. The van der Waals surface area contributed by atoms with Crippen molar-refractivity contribution in [2.75, 3.05) is 51.9 Å². The zero-order valence-electron chi connectivity index (χ0n) is 21.4. The van der Waals surface area contributed by atoms with E-state index >= 15 is 0 Å². The molecule has 0 saturated carbocycles. The number of ether oxygens (including phenoxy) is 3. The zero-order chi connectivity index (χ0) is 26.5. The van der Waals surface area contributed by atoms with Crippen molar-refractivity contribution in [3.05, 3.63) is 65.0 Å². The first-order valence-corrected chi connectivity index (χ1v) is 12.5. The highest BCUT2D eigenvalue weighted by Crippen LogP contribution is 2.39. The predicted octanol–water partition coefficient (Wildman–Crippen LogP) is 4.40. The van der Waals surface area contributed by atoms with Crippen molar-refractivity contribution in [1.29, 1.82) is 0 Å². The molecule has 2 aromatic heterocycles. The fourth-order valence-electron chi connectivity index (χ4n) is 4.60. The Bertz CT molecular complexity index is 1430. The number of nitrogens with zero attached hydrogens (tertiary/aromatic N) is 5. The van der Waals surface area contributed by atoms with E-state index in [1.807, 2.05) is 42.1 Å². The van der Waals surface area contributed by atoms with Crippen molar-refractivity contribution in [3.8, 4) is 22.8 Å². The van der Waals surface area contributed by atoms with Crippen molar-refractivity contribution in [3.63, 3.8) is 0 Å². The molecular weight excluding hydrogens is 488 g/mol. The maximum Gasteiger partial charge on any atom is 0.313 e. The SMILES string of the molecule is COc1cc(OCCCN2CCOCC2)c([N+](=O)[O-])cc1Nc1nccc(-c2cn(C)c3ccccc23)n1. The van der Waals surface area contributed by atoms with Crippen molar-refractivity contribution in [1.82, 2.24) is 19.4 Å². The average molecular weight is 519 g/mol. The number of aryl methyl sites for hydroxylation is 1. The summed E-state index contributed by atoms with van der Waals surface area (Å²) < 4.78 is 18.8. The number of nitro groups is 1. The lowest BCUT2D eigenvalue weighted by Crippen LogP contribution is -2.37. The topological polar surface area (TPSA) is 117 Å². The summed E-state index contributed by atoms with van der Waals surface area (Å²) >= 11 is 0. The van der Waals surface area contributed by atoms with E-state index < -0.39 is 4.92 Å². The first-order chi connectivity index (χ1) is 18.5. The lowest BCUT2D eigenvalue weighted by molar-refractivity contribution is -0.385. The summed E-state index contributed by atoms with van der Waals surface area (Å²) in [4.78, 5) is 22.7. The summed E-state index contributed by atoms with van der Waals surface area (Å²) in [5, 5.41) is 16.0. The van der Waals surface area contributed by atoms with Crippen LogP contribution < -0.4 is 14.8 Å². The summed E-state index contributed by atoms with van der Waals surface area (Å²) in [6.07, 6.45) is 4.42. The standard InChI is InChI=1S/C27H30N6O5/c1-31-18-20(19-6-3-4-7-23(19)31)21-8-9-28-27(29-21)30-22-16-24(33(34)35)26(17-25(22)36-2)38-13-5-10-32-11-14-37-15-12-32/h3-4,6-9,16-18H,5,10-15H2,1-2H3,(H,28,29,30). The van der Waals surface area contributed by atoms with Gasteiger partial charge in [-0.05, 0) is 18.6 Å². The van der Waals surface area contributed by atoms with Crippen LogP contribution in [0.5, 0.6) is 11.5 Å². The van der Waals surface area contributed by atoms with Crippen LogP contribution in [0.15, 0.2) is 54.9 Å². The van der Waals surface area contributed by atoms with Gasteiger partial charge in [-0.2, -0.15) is 0 Å². The Morgan fingerprint density at radius 1 is 1.16 bits per heavy atom. The Balaban J connectivity index is 1.35. The van der Waals surface area contributed by atoms with E-state index in [1.165, 1.54) is 19.2 Å². The van der Waals surface area contributed by atoms with E-state index in [1.54, 1.807) is 6.20 Å². The quantitative estimate of drug-likeness (QED) is 0.185. The van der Waals surface area contributed by atoms with Gasteiger partial charge in [0, 0.05) is 67.7 Å². The second-order valence-electron chi connectivity index (χ2n) is 8.99. The van der Waals surface area contributed by atoms with Crippen LogP contribution in [0, 0.1) is 10.1 Å². The van der Waals surface area contributed by atoms with Gasteiger partial charge in [0.15, 0.2) is 0 Å². The fourth-order valence-corrected chi connectivity index (χ4v) is 4.60. The molecule has 1 fully saturated rings. The molecule has 3 heterocycles. The molecule has 1 aliphatic heterocycles. The highest BCUT2D eigenvalue weighted by Gasteiger charge is 2.21. The van der Waals surface area contributed by atoms with Gasteiger partial charge in [-0.25, -0.2) is 9.97 Å². The molecule has 1 N–H and O–H groups in total. The van der Waals surface area contributed by atoms with E-state index in [4.69, 9.17) is 14.2 Å². The van der Waals surface area contributed by atoms with Crippen LogP contribution in [-0.4, -0.2) is 70.9 Å². The number of methoxy groups -OCH3 is 1. The molecule has 198 valence electrons. The smallest absolute Gasteiger partial charge is 0.313 e. The summed E-state index contributed by atoms with van der Waals surface area (Å²) in [5.41, 5.74) is 2.99. The van der Waals surface area contributed by atoms with Crippen LogP contribution in [0.1, 0.15) is 6.42 Å². The number of benzene rings is 2. The van der Waals surface area contributed by atoms with Gasteiger partial charge >= 0.3 is 5.69 Å². The van der Waals surface area contributed by atoms with Crippen LogP contribution in [0.3, 0.4) is 0 Å². The third-order valence-corrected chi connectivity index (χ3v) is 6.53. The molecule has 1 aliphatic rings. The Morgan fingerprint density at radius 2 is 1.97 bits per heavy atom. The maximum absolute atomic E-state index is 11.9. The normalized spacial score (nSPS) is 13.9. The van der Waals surface area contributed by atoms with Crippen LogP contribution >= 0.6 is 0 Å². The molecule has 0 aliphatic carbocycles. The average Bonchev–Trinajstić information content (AvgIpc) is 3.28. The van der Waals surface area contributed by atoms with Crippen molar-refractivity contribution in [2.24, 2.45) is 7.05 Å². The molecule has 38 heavy (non-hydrogen) atoms. The highest BCUT2D eigenvalue weighted by molar-refractivity contribution is 5.95. The monoisotopic (exact) mass is 518 g/mol. The lowest BCUT2D eigenvalue weighted by atomic mass is 10.1. The Hall–Kier alpha value is -4.22. The number of fused-ring (bicyclic) bond motifs is 1. The van der Waals surface area contributed by atoms with Gasteiger partial charge in [0.25, 0.3) is 0 Å². The van der Waals surface area contributed by atoms with Crippen LogP contribution in [0.2, 0.25) is 0 Å². The van der Waals surface area contributed by atoms with Gasteiger partial charge in [-0.15, -0.1) is 0 Å². The Kier molecular flexibility index (Phi) is 7.66. The van der Waals surface area contributed by atoms with Crippen molar-refractivity contribution < 1.29 is 19.1 Å². The fraction of sp³-hybridized carbons (Fsp3) is 0.333. The summed E-state index contributed by atoms with van der Waals surface area (Å²) in [7, 11) is 3.49. The first kappa shape index (κ1) is 25.4. The van der Waals surface area contributed by atoms with Gasteiger partial charge < -0.3 is 24.1 Å². The van der Waals surface area contributed by atoms with Gasteiger partial charge in [0.2, 0.25) is 11.7 Å². The largest absolute Gasteiger partial charge is 0.494 e. The minimum Gasteiger partial charge on any atom is -0.494 e. The third kappa shape index (κ3) is 5.53. The molecule has 0 unspecified atom stereocenters. The number of anilines is 2. The number of aromatic nitrogens is 3. The number of para-hydroxylation sites is 1. The first-order valence-electron chi connectivity index (χ1n) is 12.5. The molecule has 0 amide bonds. The van der Waals surface area contributed by atoms with Gasteiger partial charge in [-0.1, -0.05) is 18.2 Å². The molecule has 11 heteroatoms. The molecule has 0 radical (unpaired) electrons. The third-order valence-electron chi connectivity index (χ3n) is 6.53. The van der Waals surface area contributed by atoms with Gasteiger partial charge in [0.1, 0.15) is 5.75 Å². The molecule has 1 saturated heterocycles. The molecule has 0 spiro atoms. The number of nitrogens with one attached hydrogen (secondary N) is 1. The predicted molar refractivity (Wildman–Crippen MR) is 144 cm³/mol. The van der Waals surface area contributed by atoms with Crippen LogP contribution in [0.25, 0.3) is 22.2 Å². The van der Waals surface area contributed by atoms with E-state index in [9.17, 15) is 10.1 Å². The van der Waals surface area contributed by atoms with Gasteiger partial charge in [0.05, 0.1) is 43.2 Å². The molecular formula is C27H30N6O5. The second kappa shape index (κ2) is 11.4. The van der Waals surface area contributed by atoms with Gasteiger partial charge in [-0.3, -0.25) is 15.0 Å². The Labute approximate surface area is 220 Å². The highest BCUT2D eigenvalue weighted by atomic mass is 16.6.